The molecule has 0 aromatic carbocycles. The van der Waals surface area contributed by atoms with Gasteiger partial charge in [-0.25, -0.2) is 0 Å². The van der Waals surface area contributed by atoms with Crippen molar-refractivity contribution in [3.05, 3.63) is 12.2 Å². The van der Waals surface area contributed by atoms with Crippen molar-refractivity contribution in [1.29, 1.82) is 0 Å². The second-order valence-corrected chi connectivity index (χ2v) is 4.05. The lowest BCUT2D eigenvalue weighted by molar-refractivity contribution is 0.261. The van der Waals surface area contributed by atoms with Crippen LogP contribution in [0.1, 0.15) is 26.2 Å². The summed E-state index contributed by atoms with van der Waals surface area (Å²) in [6, 6.07) is 0. The van der Waals surface area contributed by atoms with Crippen molar-refractivity contribution < 1.29 is 4.79 Å². The lowest BCUT2D eigenvalue weighted by atomic mass is 10.1. The summed E-state index contributed by atoms with van der Waals surface area (Å²) in [6.45, 7) is 2.66. The Morgan fingerprint density at radius 2 is 2.58 bits per heavy atom. The van der Waals surface area contributed by atoms with Gasteiger partial charge in [0.2, 0.25) is 0 Å². The molecular weight excluding hydrogens is 170 g/mol. The van der Waals surface area contributed by atoms with E-state index in [1.807, 2.05) is 6.92 Å². The van der Waals surface area contributed by atoms with E-state index < -0.39 is 0 Å². The Labute approximate surface area is 77.8 Å². The van der Waals surface area contributed by atoms with E-state index in [0.717, 1.165) is 13.0 Å². The van der Waals surface area contributed by atoms with Gasteiger partial charge in [-0.2, -0.15) is 0 Å². The molecule has 0 spiro atoms. The molecule has 0 fully saturated rings. The summed E-state index contributed by atoms with van der Waals surface area (Å²) in [5, 5.41) is 3.30. The number of thioether (sulfide) groups is 1. The highest BCUT2D eigenvalue weighted by Crippen LogP contribution is 2.23. The van der Waals surface area contributed by atoms with Gasteiger partial charge in [0.15, 0.2) is 0 Å². The molecule has 1 N–H and O–H groups in total. The number of rotatable bonds is 2. The van der Waals surface area contributed by atoms with Gasteiger partial charge in [0.25, 0.3) is 5.24 Å². The molecule has 1 amide bonds. The van der Waals surface area contributed by atoms with Crippen molar-refractivity contribution in [3.63, 3.8) is 0 Å². The topological polar surface area (TPSA) is 29.1 Å². The van der Waals surface area contributed by atoms with Crippen molar-refractivity contribution >= 4 is 17.0 Å². The Balaban J connectivity index is 2.25. The van der Waals surface area contributed by atoms with E-state index in [0.29, 0.717) is 5.25 Å². The first-order chi connectivity index (χ1) is 5.83. The predicted molar refractivity (Wildman–Crippen MR) is 53.4 cm³/mol. The van der Waals surface area contributed by atoms with Gasteiger partial charge in [0.1, 0.15) is 0 Å². The molecule has 0 saturated heterocycles. The maximum absolute atomic E-state index is 11.1. The maximum Gasteiger partial charge on any atom is 0.279 e. The quantitative estimate of drug-likeness (QED) is 0.670. The highest BCUT2D eigenvalue weighted by atomic mass is 32.2. The summed E-state index contributed by atoms with van der Waals surface area (Å²) in [5.74, 6) is 0. The summed E-state index contributed by atoms with van der Waals surface area (Å²) >= 11 is 1.41. The highest BCUT2D eigenvalue weighted by Gasteiger charge is 2.12. The molecule has 3 heteroatoms. The molecule has 1 aliphatic rings. The van der Waals surface area contributed by atoms with Gasteiger partial charge in [-0.05, 0) is 26.2 Å². The zero-order valence-electron chi connectivity index (χ0n) is 7.38. The average Bonchev–Trinajstić information content (AvgIpc) is 2.06. The van der Waals surface area contributed by atoms with E-state index in [-0.39, 0.29) is 5.24 Å². The first-order valence-electron chi connectivity index (χ1n) is 4.44. The van der Waals surface area contributed by atoms with Gasteiger partial charge < -0.3 is 5.32 Å². The second kappa shape index (κ2) is 5.25. The molecule has 12 heavy (non-hydrogen) atoms. The molecule has 1 aliphatic carbocycles. The zero-order valence-corrected chi connectivity index (χ0v) is 8.19. The van der Waals surface area contributed by atoms with Crippen molar-refractivity contribution in [1.82, 2.24) is 5.32 Å². The molecular formula is C9H15NOS. The van der Waals surface area contributed by atoms with E-state index in [1.165, 1.54) is 24.6 Å². The minimum atomic E-state index is 0.106. The minimum Gasteiger partial charge on any atom is -0.347 e. The molecule has 0 aliphatic heterocycles. The van der Waals surface area contributed by atoms with Crippen molar-refractivity contribution in [2.45, 2.75) is 31.4 Å². The van der Waals surface area contributed by atoms with Gasteiger partial charge >= 0.3 is 0 Å². The van der Waals surface area contributed by atoms with Crippen molar-refractivity contribution in [2.24, 2.45) is 0 Å². The van der Waals surface area contributed by atoms with Crippen molar-refractivity contribution in [3.8, 4) is 0 Å². The van der Waals surface area contributed by atoms with E-state index in [2.05, 4.69) is 17.5 Å². The largest absolute Gasteiger partial charge is 0.347 e. The van der Waals surface area contributed by atoms with Gasteiger partial charge in [0.05, 0.1) is 0 Å². The summed E-state index contributed by atoms with van der Waals surface area (Å²) in [7, 11) is 0. The Kier molecular flexibility index (Phi) is 4.22. The third-order valence-corrected chi connectivity index (χ3v) is 2.84. The third-order valence-electron chi connectivity index (χ3n) is 1.79. The lowest BCUT2D eigenvalue weighted by Crippen LogP contribution is -2.20. The number of carbonyl (C=O) groups excluding carboxylic acids is 1. The molecule has 0 unspecified atom stereocenters. The van der Waals surface area contributed by atoms with Crippen LogP contribution >= 0.6 is 11.8 Å². The maximum atomic E-state index is 11.1. The Morgan fingerprint density at radius 3 is 3.17 bits per heavy atom. The van der Waals surface area contributed by atoms with Crippen LogP contribution in [0.3, 0.4) is 0 Å². The molecule has 0 aromatic heterocycles. The zero-order chi connectivity index (χ0) is 8.81. The smallest absolute Gasteiger partial charge is 0.279 e. The van der Waals surface area contributed by atoms with Gasteiger partial charge in [-0.3, -0.25) is 4.79 Å². The normalized spacial score (nSPS) is 22.2. The third kappa shape index (κ3) is 3.30. The van der Waals surface area contributed by atoms with Crippen LogP contribution in [0.4, 0.5) is 4.79 Å². The molecule has 0 bridgehead atoms. The SMILES string of the molecule is CCNC(=O)S[C@@H]1C=CCCC1. The second-order valence-electron chi connectivity index (χ2n) is 2.83. The highest BCUT2D eigenvalue weighted by molar-refractivity contribution is 8.14. The van der Waals surface area contributed by atoms with Crippen molar-refractivity contribution in [2.75, 3.05) is 6.54 Å². The molecule has 0 saturated carbocycles. The summed E-state index contributed by atoms with van der Waals surface area (Å²) in [4.78, 5) is 11.1. The molecule has 0 radical (unpaired) electrons. The molecule has 2 nitrogen and oxygen atoms in total. The first kappa shape index (κ1) is 9.65. The number of carbonyl (C=O) groups is 1. The van der Waals surface area contributed by atoms with E-state index in [9.17, 15) is 4.79 Å². The minimum absolute atomic E-state index is 0.106. The number of nitrogens with one attached hydrogen (secondary N) is 1. The first-order valence-corrected chi connectivity index (χ1v) is 5.32. The summed E-state index contributed by atoms with van der Waals surface area (Å²) in [6.07, 6.45) is 7.84. The van der Waals surface area contributed by atoms with Gasteiger partial charge in [0, 0.05) is 11.8 Å². The Bertz CT molecular complexity index is 179. The Morgan fingerprint density at radius 1 is 1.75 bits per heavy atom. The molecule has 1 rings (SSSR count). The van der Waals surface area contributed by atoms with Crippen LogP contribution in [-0.4, -0.2) is 17.0 Å². The number of amides is 1. The lowest BCUT2D eigenvalue weighted by Gasteiger charge is -2.14. The summed E-state index contributed by atoms with van der Waals surface area (Å²) < 4.78 is 0. The fourth-order valence-electron chi connectivity index (χ4n) is 1.20. The van der Waals surface area contributed by atoms with E-state index in [1.54, 1.807) is 0 Å². The number of hydrogen-bond acceptors (Lipinski definition) is 2. The fraction of sp³-hybridized carbons (Fsp3) is 0.667. The van der Waals surface area contributed by atoms with Crippen LogP contribution in [0.2, 0.25) is 0 Å². The molecule has 1 atom stereocenters. The Hall–Kier alpha value is -0.440. The number of allylic oxidation sites excluding steroid dienone is 1. The van der Waals surface area contributed by atoms with Crippen LogP contribution in [-0.2, 0) is 0 Å². The average molecular weight is 185 g/mol. The van der Waals surface area contributed by atoms with Crippen LogP contribution in [0.5, 0.6) is 0 Å². The fourth-order valence-corrected chi connectivity index (χ4v) is 2.18. The summed E-state index contributed by atoms with van der Waals surface area (Å²) in [5.41, 5.74) is 0. The monoisotopic (exact) mass is 185 g/mol. The van der Waals surface area contributed by atoms with Crippen LogP contribution < -0.4 is 5.32 Å². The van der Waals surface area contributed by atoms with Gasteiger partial charge in [-0.15, -0.1) is 0 Å². The van der Waals surface area contributed by atoms with Crippen LogP contribution in [0, 0.1) is 0 Å². The molecule has 0 heterocycles. The van der Waals surface area contributed by atoms with Gasteiger partial charge in [-0.1, -0.05) is 23.9 Å². The van der Waals surface area contributed by atoms with Crippen LogP contribution in [0.25, 0.3) is 0 Å². The van der Waals surface area contributed by atoms with E-state index in [4.69, 9.17) is 0 Å². The predicted octanol–water partition coefficient (Wildman–Crippen LogP) is 2.56. The van der Waals surface area contributed by atoms with E-state index >= 15 is 0 Å². The molecule has 0 aromatic rings. The standard InChI is InChI=1S/C9H15NOS/c1-2-10-9(11)12-8-6-4-3-5-7-8/h4,6,8H,2-3,5,7H2,1H3,(H,10,11)/t8-/m1/s1. The number of hydrogen-bond donors (Lipinski definition) is 1. The van der Waals surface area contributed by atoms with Crippen LogP contribution in [0.15, 0.2) is 12.2 Å². The molecule has 68 valence electrons.